The van der Waals surface area contributed by atoms with Gasteiger partial charge >= 0.3 is 0 Å². The highest BCUT2D eigenvalue weighted by Gasteiger charge is 2.26. The van der Waals surface area contributed by atoms with Crippen molar-refractivity contribution in [3.63, 3.8) is 0 Å². The van der Waals surface area contributed by atoms with Crippen LogP contribution in [0, 0.1) is 11.8 Å². The second-order valence-corrected chi connectivity index (χ2v) is 5.63. The first kappa shape index (κ1) is 15.2. The molecule has 0 amide bonds. The molecule has 1 aromatic rings. The standard InChI is InChI=1S/C16H28N2/c1-6-10-18-16(13(4)12(2)3)14(5)15-9-7-8-11-17-15/h7-9,11-14,16,18H,6,10H2,1-5H3. The summed E-state index contributed by atoms with van der Waals surface area (Å²) in [5, 5.41) is 3.71. The summed E-state index contributed by atoms with van der Waals surface area (Å²) in [6, 6.07) is 6.70. The second kappa shape index (κ2) is 7.52. The van der Waals surface area contributed by atoms with E-state index in [2.05, 4.69) is 57.1 Å². The van der Waals surface area contributed by atoms with Crippen LogP contribution in [0.15, 0.2) is 24.4 Å². The Morgan fingerprint density at radius 3 is 2.39 bits per heavy atom. The second-order valence-electron chi connectivity index (χ2n) is 5.63. The van der Waals surface area contributed by atoms with Crippen LogP contribution in [-0.4, -0.2) is 17.6 Å². The molecule has 0 aromatic carbocycles. The van der Waals surface area contributed by atoms with Gasteiger partial charge in [0, 0.05) is 23.9 Å². The predicted octanol–water partition coefficient (Wildman–Crippen LogP) is 3.85. The maximum Gasteiger partial charge on any atom is 0.0447 e. The van der Waals surface area contributed by atoms with Crippen molar-refractivity contribution in [2.45, 2.75) is 53.0 Å². The zero-order valence-corrected chi connectivity index (χ0v) is 12.5. The summed E-state index contributed by atoms with van der Waals surface area (Å²) in [4.78, 5) is 4.51. The molecule has 1 rings (SSSR count). The average molecular weight is 248 g/mol. The number of hydrogen-bond donors (Lipinski definition) is 1. The van der Waals surface area contributed by atoms with E-state index in [0.29, 0.717) is 23.8 Å². The third kappa shape index (κ3) is 4.09. The molecule has 0 aliphatic rings. The van der Waals surface area contributed by atoms with Gasteiger partial charge < -0.3 is 5.32 Å². The molecule has 0 aliphatic heterocycles. The Hall–Kier alpha value is -0.890. The molecule has 0 spiro atoms. The van der Waals surface area contributed by atoms with E-state index in [1.54, 1.807) is 0 Å². The van der Waals surface area contributed by atoms with Crippen LogP contribution in [0.25, 0.3) is 0 Å². The molecule has 0 saturated carbocycles. The molecule has 1 heterocycles. The van der Waals surface area contributed by atoms with Crippen molar-refractivity contribution >= 4 is 0 Å². The van der Waals surface area contributed by atoms with E-state index in [1.807, 2.05) is 12.3 Å². The molecule has 3 unspecified atom stereocenters. The smallest absolute Gasteiger partial charge is 0.0447 e. The number of aromatic nitrogens is 1. The van der Waals surface area contributed by atoms with E-state index in [0.717, 1.165) is 6.54 Å². The van der Waals surface area contributed by atoms with Gasteiger partial charge in [-0.1, -0.05) is 40.7 Å². The third-order valence-corrected chi connectivity index (χ3v) is 3.94. The first-order valence-electron chi connectivity index (χ1n) is 7.22. The number of nitrogens with zero attached hydrogens (tertiary/aromatic N) is 1. The van der Waals surface area contributed by atoms with Crippen LogP contribution in [-0.2, 0) is 0 Å². The molecular weight excluding hydrogens is 220 g/mol. The Balaban J connectivity index is 2.81. The Bertz CT molecular complexity index is 321. The monoisotopic (exact) mass is 248 g/mol. The van der Waals surface area contributed by atoms with Gasteiger partial charge in [-0.15, -0.1) is 0 Å². The Kier molecular flexibility index (Phi) is 6.34. The van der Waals surface area contributed by atoms with Gasteiger partial charge in [-0.2, -0.15) is 0 Å². The summed E-state index contributed by atoms with van der Waals surface area (Å²) in [7, 11) is 0. The van der Waals surface area contributed by atoms with Gasteiger partial charge in [-0.25, -0.2) is 0 Å². The van der Waals surface area contributed by atoms with Crippen molar-refractivity contribution in [1.82, 2.24) is 10.3 Å². The molecule has 18 heavy (non-hydrogen) atoms. The minimum Gasteiger partial charge on any atom is -0.313 e. The third-order valence-electron chi connectivity index (χ3n) is 3.94. The van der Waals surface area contributed by atoms with Crippen molar-refractivity contribution in [1.29, 1.82) is 0 Å². The summed E-state index contributed by atoms with van der Waals surface area (Å²) in [5.41, 5.74) is 1.19. The van der Waals surface area contributed by atoms with E-state index >= 15 is 0 Å². The molecule has 1 N–H and O–H groups in total. The molecule has 102 valence electrons. The average Bonchev–Trinajstić information content (AvgIpc) is 2.39. The topological polar surface area (TPSA) is 24.9 Å². The van der Waals surface area contributed by atoms with E-state index in [1.165, 1.54) is 12.1 Å². The van der Waals surface area contributed by atoms with Gasteiger partial charge in [-0.05, 0) is 36.9 Å². The van der Waals surface area contributed by atoms with Crippen LogP contribution < -0.4 is 5.32 Å². The molecule has 2 heteroatoms. The van der Waals surface area contributed by atoms with Gasteiger partial charge in [0.1, 0.15) is 0 Å². The van der Waals surface area contributed by atoms with Crippen molar-refractivity contribution in [2.75, 3.05) is 6.54 Å². The Morgan fingerprint density at radius 1 is 1.17 bits per heavy atom. The molecule has 0 radical (unpaired) electrons. The number of nitrogens with one attached hydrogen (secondary N) is 1. The molecule has 2 nitrogen and oxygen atoms in total. The van der Waals surface area contributed by atoms with E-state index in [4.69, 9.17) is 0 Å². The summed E-state index contributed by atoms with van der Waals surface area (Å²) >= 11 is 0. The van der Waals surface area contributed by atoms with Gasteiger partial charge in [0.05, 0.1) is 0 Å². The fourth-order valence-electron chi connectivity index (χ4n) is 2.37. The summed E-state index contributed by atoms with van der Waals surface area (Å²) < 4.78 is 0. The minimum atomic E-state index is 0.454. The van der Waals surface area contributed by atoms with E-state index in [-0.39, 0.29) is 0 Å². The molecular formula is C16H28N2. The summed E-state index contributed by atoms with van der Waals surface area (Å²) in [6.45, 7) is 12.5. The molecule has 0 aliphatic carbocycles. The van der Waals surface area contributed by atoms with Crippen LogP contribution in [0.2, 0.25) is 0 Å². The summed E-state index contributed by atoms with van der Waals surface area (Å²) in [5.74, 6) is 1.79. The minimum absolute atomic E-state index is 0.454. The maximum atomic E-state index is 4.51. The van der Waals surface area contributed by atoms with Crippen LogP contribution in [0.1, 0.15) is 52.7 Å². The Labute approximate surface area is 112 Å². The van der Waals surface area contributed by atoms with Crippen molar-refractivity contribution in [3.05, 3.63) is 30.1 Å². The lowest BCUT2D eigenvalue weighted by molar-refractivity contribution is 0.268. The fraction of sp³-hybridized carbons (Fsp3) is 0.688. The van der Waals surface area contributed by atoms with Crippen LogP contribution in [0.3, 0.4) is 0 Å². The molecule has 0 fully saturated rings. The fourth-order valence-corrected chi connectivity index (χ4v) is 2.37. The zero-order valence-electron chi connectivity index (χ0n) is 12.5. The normalized spacial score (nSPS) is 16.6. The van der Waals surface area contributed by atoms with Crippen molar-refractivity contribution < 1.29 is 0 Å². The lowest BCUT2D eigenvalue weighted by atomic mass is 9.82. The summed E-state index contributed by atoms with van der Waals surface area (Å²) in [6.07, 6.45) is 3.07. The molecule has 3 atom stereocenters. The lowest BCUT2D eigenvalue weighted by Crippen LogP contribution is -2.41. The number of rotatable bonds is 7. The van der Waals surface area contributed by atoms with Gasteiger partial charge in [-0.3, -0.25) is 4.98 Å². The number of pyridine rings is 1. The van der Waals surface area contributed by atoms with Crippen molar-refractivity contribution in [2.24, 2.45) is 11.8 Å². The molecule has 0 saturated heterocycles. The SMILES string of the molecule is CCCNC(C(C)c1ccccn1)C(C)C(C)C. The highest BCUT2D eigenvalue weighted by Crippen LogP contribution is 2.26. The van der Waals surface area contributed by atoms with Crippen LogP contribution in [0.5, 0.6) is 0 Å². The van der Waals surface area contributed by atoms with Crippen LogP contribution in [0.4, 0.5) is 0 Å². The Morgan fingerprint density at radius 2 is 1.89 bits per heavy atom. The number of hydrogen-bond acceptors (Lipinski definition) is 2. The predicted molar refractivity (Wildman–Crippen MR) is 78.7 cm³/mol. The van der Waals surface area contributed by atoms with E-state index < -0.39 is 0 Å². The largest absolute Gasteiger partial charge is 0.313 e. The van der Waals surface area contributed by atoms with Gasteiger partial charge in [0.25, 0.3) is 0 Å². The molecule has 0 bridgehead atoms. The first-order valence-corrected chi connectivity index (χ1v) is 7.22. The first-order chi connectivity index (χ1) is 8.57. The lowest BCUT2D eigenvalue weighted by Gasteiger charge is -2.32. The molecule has 1 aromatic heterocycles. The van der Waals surface area contributed by atoms with Gasteiger partial charge in [0.15, 0.2) is 0 Å². The quantitative estimate of drug-likeness (QED) is 0.793. The maximum absolute atomic E-state index is 4.51. The zero-order chi connectivity index (χ0) is 13.5. The van der Waals surface area contributed by atoms with Crippen LogP contribution >= 0.6 is 0 Å². The highest BCUT2D eigenvalue weighted by molar-refractivity contribution is 5.11. The van der Waals surface area contributed by atoms with E-state index in [9.17, 15) is 0 Å². The van der Waals surface area contributed by atoms with Gasteiger partial charge in [0.2, 0.25) is 0 Å². The van der Waals surface area contributed by atoms with Crippen molar-refractivity contribution in [3.8, 4) is 0 Å². The highest BCUT2D eigenvalue weighted by atomic mass is 14.9.